The number of imidazole rings is 1. The van der Waals surface area contributed by atoms with E-state index in [-0.39, 0.29) is 11.9 Å². The molecule has 116 valence electrons. The van der Waals surface area contributed by atoms with E-state index in [0.717, 1.165) is 24.4 Å². The van der Waals surface area contributed by atoms with Crippen LogP contribution in [0.3, 0.4) is 0 Å². The van der Waals surface area contributed by atoms with Crippen LogP contribution >= 0.6 is 0 Å². The highest BCUT2D eigenvalue weighted by Crippen LogP contribution is 2.25. The number of carbonyl (C=O) groups excluding carboxylic acids is 1. The maximum atomic E-state index is 12.8. The standard InChI is InChI=1S/C16H20N4O2/c1-19-9-8-18-15(19)16(21)20-10-7-17-11-14(20)12-3-5-13(22-2)6-4-12/h3-6,8-9,14,17H,7,10-11H2,1-2H3/t14-/m1/s1. The molecule has 1 N–H and O–H groups in total. The SMILES string of the molecule is COc1ccc([C@H]2CNCCN2C(=O)c2nccn2C)cc1. The highest BCUT2D eigenvalue weighted by molar-refractivity contribution is 5.91. The fourth-order valence-electron chi connectivity index (χ4n) is 2.77. The quantitative estimate of drug-likeness (QED) is 0.926. The lowest BCUT2D eigenvalue weighted by Gasteiger charge is -2.36. The fraction of sp³-hybridized carbons (Fsp3) is 0.375. The Balaban J connectivity index is 1.87. The smallest absolute Gasteiger partial charge is 0.290 e. The van der Waals surface area contributed by atoms with Crippen molar-refractivity contribution in [2.75, 3.05) is 26.7 Å². The van der Waals surface area contributed by atoms with Gasteiger partial charge < -0.3 is 19.5 Å². The van der Waals surface area contributed by atoms with Gasteiger partial charge in [-0.1, -0.05) is 12.1 Å². The average molecular weight is 300 g/mol. The van der Waals surface area contributed by atoms with E-state index in [4.69, 9.17) is 4.74 Å². The van der Waals surface area contributed by atoms with Gasteiger partial charge in [-0.25, -0.2) is 4.98 Å². The average Bonchev–Trinajstić information content (AvgIpc) is 3.00. The Kier molecular flexibility index (Phi) is 4.11. The van der Waals surface area contributed by atoms with Gasteiger partial charge in [0.1, 0.15) is 5.75 Å². The molecule has 6 nitrogen and oxygen atoms in total. The van der Waals surface area contributed by atoms with Crippen molar-refractivity contribution in [2.24, 2.45) is 7.05 Å². The minimum atomic E-state index is -0.0326. The van der Waals surface area contributed by atoms with Crippen LogP contribution in [0, 0.1) is 0 Å². The predicted octanol–water partition coefficient (Wildman–Crippen LogP) is 1.22. The summed E-state index contributed by atoms with van der Waals surface area (Å²) in [5, 5.41) is 3.35. The van der Waals surface area contributed by atoms with Crippen LogP contribution in [0.25, 0.3) is 0 Å². The van der Waals surface area contributed by atoms with Crippen molar-refractivity contribution in [3.8, 4) is 5.75 Å². The van der Waals surface area contributed by atoms with Gasteiger partial charge in [0.25, 0.3) is 5.91 Å². The number of rotatable bonds is 3. The van der Waals surface area contributed by atoms with Crippen LogP contribution in [0.4, 0.5) is 0 Å². The highest BCUT2D eigenvalue weighted by Gasteiger charge is 2.30. The zero-order valence-electron chi connectivity index (χ0n) is 12.8. The zero-order valence-corrected chi connectivity index (χ0v) is 12.8. The number of amides is 1. The summed E-state index contributed by atoms with van der Waals surface area (Å²) in [6.45, 7) is 2.20. The van der Waals surface area contributed by atoms with Gasteiger partial charge in [0.15, 0.2) is 5.82 Å². The van der Waals surface area contributed by atoms with E-state index >= 15 is 0 Å². The third-order valence-electron chi connectivity index (χ3n) is 4.02. The van der Waals surface area contributed by atoms with Crippen molar-refractivity contribution >= 4 is 5.91 Å². The normalized spacial score (nSPS) is 18.3. The third-order valence-corrected chi connectivity index (χ3v) is 4.02. The molecule has 1 atom stereocenters. The van der Waals surface area contributed by atoms with Crippen molar-refractivity contribution in [3.63, 3.8) is 0 Å². The largest absolute Gasteiger partial charge is 0.497 e. The Bertz CT molecular complexity index is 650. The summed E-state index contributed by atoms with van der Waals surface area (Å²) in [5.41, 5.74) is 1.09. The molecule has 0 aliphatic carbocycles. The van der Waals surface area contributed by atoms with Gasteiger partial charge in [0.2, 0.25) is 0 Å². The molecule has 0 unspecified atom stereocenters. The Morgan fingerprint density at radius 3 is 2.77 bits per heavy atom. The van der Waals surface area contributed by atoms with Crippen molar-refractivity contribution in [1.29, 1.82) is 0 Å². The molecule has 1 amide bonds. The van der Waals surface area contributed by atoms with Crippen LogP contribution in [0.2, 0.25) is 0 Å². The lowest BCUT2D eigenvalue weighted by Crippen LogP contribution is -2.49. The lowest BCUT2D eigenvalue weighted by atomic mass is 10.0. The minimum absolute atomic E-state index is 0.00357. The molecule has 2 heterocycles. The van der Waals surface area contributed by atoms with E-state index in [1.807, 2.05) is 36.2 Å². The molecular weight excluding hydrogens is 280 g/mol. The number of piperazine rings is 1. The Hall–Kier alpha value is -2.34. The monoisotopic (exact) mass is 300 g/mol. The van der Waals surface area contributed by atoms with E-state index in [0.29, 0.717) is 12.4 Å². The Morgan fingerprint density at radius 1 is 1.36 bits per heavy atom. The molecular formula is C16H20N4O2. The molecule has 1 aromatic carbocycles. The summed E-state index contributed by atoms with van der Waals surface area (Å²) in [6, 6.07) is 7.87. The summed E-state index contributed by atoms with van der Waals surface area (Å²) < 4.78 is 6.96. The molecule has 2 aromatic rings. The van der Waals surface area contributed by atoms with Crippen LogP contribution < -0.4 is 10.1 Å². The molecule has 3 rings (SSSR count). The lowest BCUT2D eigenvalue weighted by molar-refractivity contribution is 0.0618. The van der Waals surface area contributed by atoms with E-state index in [2.05, 4.69) is 10.3 Å². The van der Waals surface area contributed by atoms with Crippen LogP contribution in [-0.2, 0) is 7.05 Å². The van der Waals surface area contributed by atoms with Crippen molar-refractivity contribution in [1.82, 2.24) is 19.8 Å². The first kappa shape index (κ1) is 14.6. The summed E-state index contributed by atoms with van der Waals surface area (Å²) in [4.78, 5) is 18.8. The van der Waals surface area contributed by atoms with Gasteiger partial charge in [-0.3, -0.25) is 4.79 Å². The molecule has 1 fully saturated rings. The van der Waals surface area contributed by atoms with Gasteiger partial charge in [0.05, 0.1) is 13.2 Å². The molecule has 0 bridgehead atoms. The summed E-state index contributed by atoms with van der Waals surface area (Å²) in [5.74, 6) is 1.25. The van der Waals surface area contributed by atoms with Crippen LogP contribution in [0.15, 0.2) is 36.7 Å². The van der Waals surface area contributed by atoms with Gasteiger partial charge >= 0.3 is 0 Å². The first-order valence-corrected chi connectivity index (χ1v) is 7.33. The summed E-state index contributed by atoms with van der Waals surface area (Å²) in [6.07, 6.45) is 3.44. The van der Waals surface area contributed by atoms with Crippen LogP contribution in [0.5, 0.6) is 5.75 Å². The number of methoxy groups -OCH3 is 1. The summed E-state index contributed by atoms with van der Waals surface area (Å²) >= 11 is 0. The predicted molar refractivity (Wildman–Crippen MR) is 82.8 cm³/mol. The number of nitrogens with zero attached hydrogens (tertiary/aromatic N) is 3. The van der Waals surface area contributed by atoms with Gasteiger partial charge in [-0.15, -0.1) is 0 Å². The van der Waals surface area contributed by atoms with Gasteiger partial charge in [-0.05, 0) is 17.7 Å². The topological polar surface area (TPSA) is 59.4 Å². The van der Waals surface area contributed by atoms with Crippen LogP contribution in [0.1, 0.15) is 22.2 Å². The fourth-order valence-corrected chi connectivity index (χ4v) is 2.77. The minimum Gasteiger partial charge on any atom is -0.497 e. The first-order chi connectivity index (χ1) is 10.7. The van der Waals surface area contributed by atoms with Crippen molar-refractivity contribution in [2.45, 2.75) is 6.04 Å². The molecule has 22 heavy (non-hydrogen) atoms. The second kappa shape index (κ2) is 6.19. The number of ether oxygens (including phenoxy) is 1. The molecule has 0 spiro atoms. The summed E-state index contributed by atoms with van der Waals surface area (Å²) in [7, 11) is 3.49. The molecule has 1 aliphatic heterocycles. The van der Waals surface area contributed by atoms with Crippen LogP contribution in [-0.4, -0.2) is 47.1 Å². The molecule has 1 aromatic heterocycles. The van der Waals surface area contributed by atoms with E-state index < -0.39 is 0 Å². The molecule has 0 radical (unpaired) electrons. The second-order valence-corrected chi connectivity index (χ2v) is 5.35. The molecule has 6 heteroatoms. The zero-order chi connectivity index (χ0) is 15.5. The van der Waals surface area contributed by atoms with Gasteiger partial charge in [-0.2, -0.15) is 0 Å². The van der Waals surface area contributed by atoms with E-state index in [1.54, 1.807) is 24.1 Å². The second-order valence-electron chi connectivity index (χ2n) is 5.35. The number of hydrogen-bond donors (Lipinski definition) is 1. The highest BCUT2D eigenvalue weighted by atomic mass is 16.5. The van der Waals surface area contributed by atoms with Gasteiger partial charge in [0, 0.05) is 39.1 Å². The molecule has 0 saturated carbocycles. The Morgan fingerprint density at radius 2 is 2.14 bits per heavy atom. The number of carbonyl (C=O) groups is 1. The Labute approximate surface area is 129 Å². The maximum absolute atomic E-state index is 12.8. The van der Waals surface area contributed by atoms with E-state index in [1.165, 1.54) is 0 Å². The number of nitrogens with one attached hydrogen (secondary N) is 1. The van der Waals surface area contributed by atoms with E-state index in [9.17, 15) is 4.79 Å². The third kappa shape index (κ3) is 2.69. The van der Waals surface area contributed by atoms with Crippen molar-refractivity contribution in [3.05, 3.63) is 48.0 Å². The maximum Gasteiger partial charge on any atom is 0.290 e. The number of benzene rings is 1. The number of hydrogen-bond acceptors (Lipinski definition) is 4. The number of aryl methyl sites for hydroxylation is 1. The first-order valence-electron chi connectivity index (χ1n) is 7.33. The number of aromatic nitrogens is 2. The molecule has 1 aliphatic rings. The van der Waals surface area contributed by atoms with Crippen molar-refractivity contribution < 1.29 is 9.53 Å². The molecule has 1 saturated heterocycles.